The van der Waals surface area contributed by atoms with E-state index >= 15 is 0 Å². The smallest absolute Gasteiger partial charge is 0.193 e. The van der Waals surface area contributed by atoms with E-state index in [4.69, 9.17) is 20.9 Å². The minimum absolute atomic E-state index is 0.0579. The number of aromatic hydroxyl groups is 2. The summed E-state index contributed by atoms with van der Waals surface area (Å²) in [5, 5.41) is 20.0. The van der Waals surface area contributed by atoms with Crippen LogP contribution in [0.25, 0.3) is 0 Å². The molecule has 152 valence electrons. The number of rotatable bonds is 5. The Labute approximate surface area is 174 Å². The molecule has 0 radical (unpaired) electrons. The molecule has 0 fully saturated rings. The van der Waals surface area contributed by atoms with E-state index in [0.29, 0.717) is 11.5 Å². The summed E-state index contributed by atoms with van der Waals surface area (Å²) < 4.78 is 12.7. The van der Waals surface area contributed by atoms with E-state index in [9.17, 15) is 10.2 Å². The fourth-order valence-corrected chi connectivity index (χ4v) is 3.36. The van der Waals surface area contributed by atoms with Gasteiger partial charge in [-0.3, -0.25) is 0 Å². The summed E-state index contributed by atoms with van der Waals surface area (Å²) in [7, 11) is 0. The van der Waals surface area contributed by atoms with E-state index in [1.807, 2.05) is 54.6 Å². The van der Waals surface area contributed by atoms with Crippen LogP contribution in [0.3, 0.4) is 0 Å². The van der Waals surface area contributed by atoms with Crippen LogP contribution in [-0.2, 0) is 5.60 Å². The number of hydrogen-bond donors (Lipinski definition) is 4. The number of nitrogens with two attached hydrogens (primary N) is 2. The number of nitrogen functional groups attached to an aromatic ring is 2. The van der Waals surface area contributed by atoms with Gasteiger partial charge in [0.2, 0.25) is 0 Å². The molecule has 4 rings (SSSR count). The van der Waals surface area contributed by atoms with Crippen molar-refractivity contribution in [2.75, 3.05) is 11.5 Å². The molecule has 30 heavy (non-hydrogen) atoms. The summed E-state index contributed by atoms with van der Waals surface area (Å²) in [5.41, 5.74) is 11.8. The molecule has 6 heteroatoms. The second-order valence-corrected chi connectivity index (χ2v) is 6.98. The summed E-state index contributed by atoms with van der Waals surface area (Å²) in [4.78, 5) is 0. The number of benzene rings is 3. The molecule has 0 saturated carbocycles. The normalized spacial score (nSPS) is 20.1. The van der Waals surface area contributed by atoms with Crippen molar-refractivity contribution in [1.29, 1.82) is 0 Å². The van der Waals surface area contributed by atoms with Crippen LogP contribution in [-0.4, -0.2) is 16.3 Å². The monoisotopic (exact) mass is 402 g/mol. The van der Waals surface area contributed by atoms with Crippen molar-refractivity contribution in [3.05, 3.63) is 96.6 Å². The first-order valence-corrected chi connectivity index (χ1v) is 9.42. The highest BCUT2D eigenvalue weighted by Crippen LogP contribution is 2.40. The molecule has 1 aliphatic rings. The van der Waals surface area contributed by atoms with Gasteiger partial charge in [0, 0.05) is 17.7 Å². The molecule has 0 saturated heterocycles. The van der Waals surface area contributed by atoms with Crippen molar-refractivity contribution < 1.29 is 19.7 Å². The zero-order chi connectivity index (χ0) is 21.1. The molecule has 0 heterocycles. The van der Waals surface area contributed by atoms with Crippen LogP contribution in [0, 0.1) is 0 Å². The molecular formula is C24H22N2O4. The summed E-state index contributed by atoms with van der Waals surface area (Å²) >= 11 is 0. The number of hydrogen-bond acceptors (Lipinski definition) is 6. The zero-order valence-electron chi connectivity index (χ0n) is 16.1. The van der Waals surface area contributed by atoms with Gasteiger partial charge in [-0.15, -0.1) is 0 Å². The van der Waals surface area contributed by atoms with Crippen molar-refractivity contribution in [2.45, 2.75) is 11.7 Å². The average Bonchev–Trinajstić information content (AvgIpc) is 2.75. The van der Waals surface area contributed by atoms with Gasteiger partial charge >= 0.3 is 0 Å². The summed E-state index contributed by atoms with van der Waals surface area (Å²) in [6.07, 6.45) is 6.94. The van der Waals surface area contributed by atoms with Crippen molar-refractivity contribution >= 4 is 11.4 Å². The van der Waals surface area contributed by atoms with E-state index in [-0.39, 0.29) is 22.9 Å². The Hall–Kier alpha value is -4.06. The van der Waals surface area contributed by atoms with Crippen molar-refractivity contribution in [1.82, 2.24) is 0 Å². The van der Waals surface area contributed by atoms with E-state index in [2.05, 4.69) is 0 Å². The largest absolute Gasteiger partial charge is 0.506 e. The molecule has 0 aliphatic heterocycles. The van der Waals surface area contributed by atoms with E-state index < -0.39 is 11.7 Å². The number of ether oxygens (including phenoxy) is 2. The Morgan fingerprint density at radius 3 is 2.07 bits per heavy atom. The summed E-state index contributed by atoms with van der Waals surface area (Å²) in [6, 6.07) is 19.1. The third-order valence-electron chi connectivity index (χ3n) is 4.94. The van der Waals surface area contributed by atoms with Crippen LogP contribution in [0.2, 0.25) is 0 Å². The predicted octanol–water partition coefficient (Wildman–Crippen LogP) is 4.11. The highest BCUT2D eigenvalue weighted by molar-refractivity contribution is 5.56. The van der Waals surface area contributed by atoms with Gasteiger partial charge in [-0.1, -0.05) is 42.5 Å². The lowest BCUT2D eigenvalue weighted by Gasteiger charge is -2.39. The molecule has 2 unspecified atom stereocenters. The third-order valence-corrected chi connectivity index (χ3v) is 4.94. The minimum atomic E-state index is -1.03. The SMILES string of the molecule is Nc1ccc(OC2C=CC=CC2(Oc2ccc(N)c(O)c2)c2ccccc2)cc1O. The molecule has 6 N–H and O–H groups in total. The molecule has 1 aliphatic carbocycles. The van der Waals surface area contributed by atoms with Crippen LogP contribution in [0.15, 0.2) is 91.0 Å². The lowest BCUT2D eigenvalue weighted by atomic mass is 9.84. The molecule has 3 aromatic carbocycles. The Morgan fingerprint density at radius 1 is 0.767 bits per heavy atom. The van der Waals surface area contributed by atoms with Crippen molar-refractivity contribution in [3.8, 4) is 23.0 Å². The van der Waals surface area contributed by atoms with Crippen LogP contribution >= 0.6 is 0 Å². The fourth-order valence-electron chi connectivity index (χ4n) is 3.36. The Morgan fingerprint density at radius 2 is 1.40 bits per heavy atom. The maximum Gasteiger partial charge on any atom is 0.193 e. The molecule has 6 nitrogen and oxygen atoms in total. The van der Waals surface area contributed by atoms with Gasteiger partial charge in [-0.25, -0.2) is 0 Å². The average molecular weight is 402 g/mol. The standard InChI is InChI=1S/C24H22N2O4/c25-19-11-9-17(14-21(19)27)29-23-8-4-5-13-24(23,16-6-2-1-3-7-16)30-18-10-12-20(26)22(28)15-18/h1-15,23,27-28H,25-26H2. The van der Waals surface area contributed by atoms with Crippen LogP contribution in [0.1, 0.15) is 5.56 Å². The maximum atomic E-state index is 10.0. The van der Waals surface area contributed by atoms with Gasteiger partial charge in [0.1, 0.15) is 23.0 Å². The summed E-state index contributed by atoms with van der Waals surface area (Å²) in [5.74, 6) is 0.749. The summed E-state index contributed by atoms with van der Waals surface area (Å²) in [6.45, 7) is 0. The van der Waals surface area contributed by atoms with E-state index in [1.54, 1.807) is 24.3 Å². The van der Waals surface area contributed by atoms with Gasteiger partial charge in [0.05, 0.1) is 11.4 Å². The zero-order valence-corrected chi connectivity index (χ0v) is 16.1. The molecular weight excluding hydrogens is 380 g/mol. The molecule has 2 atom stereocenters. The van der Waals surface area contributed by atoms with E-state index in [0.717, 1.165) is 5.56 Å². The fraction of sp³-hybridized carbons (Fsp3) is 0.0833. The Bertz CT molecular complexity index is 1110. The van der Waals surface area contributed by atoms with Gasteiger partial charge in [-0.05, 0) is 36.4 Å². The first-order valence-electron chi connectivity index (χ1n) is 9.42. The lowest BCUT2D eigenvalue weighted by Crippen LogP contribution is -2.46. The minimum Gasteiger partial charge on any atom is -0.506 e. The van der Waals surface area contributed by atoms with Crippen LogP contribution in [0.5, 0.6) is 23.0 Å². The van der Waals surface area contributed by atoms with Crippen LogP contribution < -0.4 is 20.9 Å². The number of phenolic OH excluding ortho intramolecular Hbond substituents is 2. The molecule has 0 spiro atoms. The van der Waals surface area contributed by atoms with Crippen molar-refractivity contribution in [2.24, 2.45) is 0 Å². The van der Waals surface area contributed by atoms with Gasteiger partial charge < -0.3 is 31.2 Å². The number of anilines is 2. The van der Waals surface area contributed by atoms with E-state index in [1.165, 1.54) is 12.1 Å². The lowest BCUT2D eigenvalue weighted by molar-refractivity contribution is 0.0155. The highest BCUT2D eigenvalue weighted by Gasteiger charge is 2.42. The topological polar surface area (TPSA) is 111 Å². The van der Waals surface area contributed by atoms with Crippen molar-refractivity contribution in [3.63, 3.8) is 0 Å². The highest BCUT2D eigenvalue weighted by atomic mass is 16.6. The molecule has 3 aromatic rings. The maximum absolute atomic E-state index is 10.0. The molecule has 0 amide bonds. The second-order valence-electron chi connectivity index (χ2n) is 6.98. The molecule has 0 aromatic heterocycles. The second kappa shape index (κ2) is 7.75. The first-order chi connectivity index (χ1) is 14.5. The number of allylic oxidation sites excluding steroid dienone is 2. The quantitative estimate of drug-likeness (QED) is 0.378. The Balaban J connectivity index is 1.77. The number of phenols is 2. The van der Waals surface area contributed by atoms with Gasteiger partial charge in [-0.2, -0.15) is 0 Å². The Kier molecular flexibility index (Phi) is 4.98. The predicted molar refractivity (Wildman–Crippen MR) is 116 cm³/mol. The molecule has 0 bridgehead atoms. The van der Waals surface area contributed by atoms with Gasteiger partial charge in [0.25, 0.3) is 0 Å². The first kappa shape index (κ1) is 19.3. The van der Waals surface area contributed by atoms with Crippen LogP contribution in [0.4, 0.5) is 11.4 Å². The van der Waals surface area contributed by atoms with Gasteiger partial charge in [0.15, 0.2) is 11.7 Å². The third kappa shape index (κ3) is 3.63.